The SMILES string of the molecule is CCOc1ccccc1Nc1cnnc(NC(C)c2ccccc2)n1. The zero-order valence-corrected chi connectivity index (χ0v) is 14.3. The number of para-hydroxylation sites is 2. The Bertz CT molecular complexity index is 810. The van der Waals surface area contributed by atoms with Crippen molar-refractivity contribution in [3.63, 3.8) is 0 Å². The van der Waals surface area contributed by atoms with E-state index in [0.717, 1.165) is 17.0 Å². The molecule has 0 aliphatic carbocycles. The molecular formula is C19H21N5O. The Morgan fingerprint density at radius 1 is 1.04 bits per heavy atom. The average molecular weight is 335 g/mol. The van der Waals surface area contributed by atoms with Crippen LogP contribution in [0.2, 0.25) is 0 Å². The molecule has 3 rings (SSSR count). The molecule has 1 aromatic heterocycles. The van der Waals surface area contributed by atoms with Crippen molar-refractivity contribution in [1.82, 2.24) is 15.2 Å². The highest BCUT2D eigenvalue weighted by atomic mass is 16.5. The molecule has 25 heavy (non-hydrogen) atoms. The van der Waals surface area contributed by atoms with Gasteiger partial charge in [0.05, 0.1) is 24.5 Å². The molecule has 0 amide bonds. The molecule has 1 unspecified atom stereocenters. The number of rotatable bonds is 7. The summed E-state index contributed by atoms with van der Waals surface area (Å²) in [7, 11) is 0. The van der Waals surface area contributed by atoms with Gasteiger partial charge in [0.15, 0.2) is 5.82 Å². The molecular weight excluding hydrogens is 314 g/mol. The first kappa shape index (κ1) is 16.7. The summed E-state index contributed by atoms with van der Waals surface area (Å²) >= 11 is 0. The van der Waals surface area contributed by atoms with E-state index in [-0.39, 0.29) is 6.04 Å². The minimum atomic E-state index is 0.0777. The van der Waals surface area contributed by atoms with Crippen LogP contribution in [0.25, 0.3) is 0 Å². The van der Waals surface area contributed by atoms with Gasteiger partial charge in [-0.2, -0.15) is 10.1 Å². The monoisotopic (exact) mass is 335 g/mol. The van der Waals surface area contributed by atoms with E-state index in [2.05, 4.69) is 44.9 Å². The first-order valence-electron chi connectivity index (χ1n) is 8.26. The first-order valence-corrected chi connectivity index (χ1v) is 8.26. The van der Waals surface area contributed by atoms with Crippen LogP contribution >= 0.6 is 0 Å². The van der Waals surface area contributed by atoms with Gasteiger partial charge in [0, 0.05) is 0 Å². The fourth-order valence-electron chi connectivity index (χ4n) is 2.43. The summed E-state index contributed by atoms with van der Waals surface area (Å²) in [5.74, 6) is 1.84. The molecule has 1 heterocycles. The maximum absolute atomic E-state index is 5.62. The fraction of sp³-hybridized carbons (Fsp3) is 0.211. The van der Waals surface area contributed by atoms with E-state index < -0.39 is 0 Å². The normalized spacial score (nSPS) is 11.6. The molecule has 0 aliphatic rings. The van der Waals surface area contributed by atoms with Gasteiger partial charge < -0.3 is 15.4 Å². The van der Waals surface area contributed by atoms with Crippen LogP contribution in [0.1, 0.15) is 25.5 Å². The predicted molar refractivity (Wildman–Crippen MR) is 99.2 cm³/mol. The number of hydrogen-bond donors (Lipinski definition) is 2. The first-order chi connectivity index (χ1) is 12.3. The Balaban J connectivity index is 1.74. The number of nitrogens with zero attached hydrogens (tertiary/aromatic N) is 3. The van der Waals surface area contributed by atoms with Crippen molar-refractivity contribution in [2.24, 2.45) is 0 Å². The van der Waals surface area contributed by atoms with E-state index in [0.29, 0.717) is 18.4 Å². The zero-order valence-electron chi connectivity index (χ0n) is 14.3. The number of aromatic nitrogens is 3. The largest absolute Gasteiger partial charge is 0.492 e. The number of benzene rings is 2. The molecule has 0 saturated heterocycles. The summed E-state index contributed by atoms with van der Waals surface area (Å²) in [5.41, 5.74) is 2.00. The highest BCUT2D eigenvalue weighted by Crippen LogP contribution is 2.26. The molecule has 6 heteroatoms. The van der Waals surface area contributed by atoms with Crippen LogP contribution in [0.4, 0.5) is 17.5 Å². The highest BCUT2D eigenvalue weighted by molar-refractivity contribution is 5.64. The van der Waals surface area contributed by atoms with Gasteiger partial charge in [0.2, 0.25) is 5.95 Å². The summed E-state index contributed by atoms with van der Waals surface area (Å²) in [4.78, 5) is 4.48. The van der Waals surface area contributed by atoms with Crippen LogP contribution in [0.15, 0.2) is 60.8 Å². The van der Waals surface area contributed by atoms with E-state index in [1.54, 1.807) is 6.20 Å². The minimum Gasteiger partial charge on any atom is -0.492 e. The van der Waals surface area contributed by atoms with E-state index in [1.807, 2.05) is 49.4 Å². The third-order valence-corrected chi connectivity index (χ3v) is 3.65. The lowest BCUT2D eigenvalue weighted by Gasteiger charge is -2.15. The molecule has 128 valence electrons. The van der Waals surface area contributed by atoms with Crippen molar-refractivity contribution >= 4 is 17.5 Å². The summed E-state index contributed by atoms with van der Waals surface area (Å²) in [6, 6.07) is 17.9. The lowest BCUT2D eigenvalue weighted by atomic mass is 10.1. The van der Waals surface area contributed by atoms with Crippen molar-refractivity contribution in [2.75, 3.05) is 17.2 Å². The van der Waals surface area contributed by atoms with Gasteiger partial charge in [0.1, 0.15) is 5.75 Å². The third-order valence-electron chi connectivity index (χ3n) is 3.65. The van der Waals surface area contributed by atoms with Crippen molar-refractivity contribution in [2.45, 2.75) is 19.9 Å². The average Bonchev–Trinajstić information content (AvgIpc) is 2.65. The molecule has 1 atom stereocenters. The molecule has 2 N–H and O–H groups in total. The second kappa shape index (κ2) is 8.10. The molecule has 0 saturated carbocycles. The smallest absolute Gasteiger partial charge is 0.245 e. The Labute approximate surface area is 147 Å². The van der Waals surface area contributed by atoms with Crippen LogP contribution in [-0.2, 0) is 0 Å². The topological polar surface area (TPSA) is 72.0 Å². The molecule has 0 spiro atoms. The molecule has 2 aromatic carbocycles. The number of hydrogen-bond acceptors (Lipinski definition) is 6. The standard InChI is InChI=1S/C19H21N5O/c1-3-25-17-12-8-7-11-16(17)22-18-13-20-24-19(23-18)21-14(2)15-9-5-4-6-10-15/h4-14H,3H2,1-2H3,(H2,21,22,23,24). The second-order valence-corrected chi connectivity index (χ2v) is 5.50. The molecule has 0 aliphatic heterocycles. The Hall–Kier alpha value is -3.15. The number of ether oxygens (including phenoxy) is 1. The highest BCUT2D eigenvalue weighted by Gasteiger charge is 2.09. The maximum Gasteiger partial charge on any atom is 0.245 e. The number of nitrogens with one attached hydrogen (secondary N) is 2. The zero-order chi connectivity index (χ0) is 17.5. The van der Waals surface area contributed by atoms with Gasteiger partial charge in [0.25, 0.3) is 0 Å². The van der Waals surface area contributed by atoms with Gasteiger partial charge in [-0.25, -0.2) is 0 Å². The molecule has 6 nitrogen and oxygen atoms in total. The summed E-state index contributed by atoms with van der Waals surface area (Å²) in [5, 5.41) is 14.6. The van der Waals surface area contributed by atoms with Crippen LogP contribution < -0.4 is 15.4 Å². The Morgan fingerprint density at radius 3 is 2.60 bits per heavy atom. The summed E-state index contributed by atoms with van der Waals surface area (Å²) < 4.78 is 5.62. The van der Waals surface area contributed by atoms with Crippen molar-refractivity contribution < 1.29 is 4.74 Å². The fourth-order valence-corrected chi connectivity index (χ4v) is 2.43. The quantitative estimate of drug-likeness (QED) is 0.674. The second-order valence-electron chi connectivity index (χ2n) is 5.50. The van der Waals surface area contributed by atoms with Gasteiger partial charge in [-0.1, -0.05) is 42.5 Å². The van der Waals surface area contributed by atoms with E-state index in [4.69, 9.17) is 4.74 Å². The van der Waals surface area contributed by atoms with Gasteiger partial charge in [-0.15, -0.1) is 5.10 Å². The van der Waals surface area contributed by atoms with Crippen molar-refractivity contribution in [3.05, 3.63) is 66.4 Å². The van der Waals surface area contributed by atoms with Crippen LogP contribution in [-0.4, -0.2) is 21.8 Å². The van der Waals surface area contributed by atoms with Gasteiger partial charge >= 0.3 is 0 Å². The molecule has 3 aromatic rings. The van der Waals surface area contributed by atoms with Gasteiger partial charge in [-0.3, -0.25) is 0 Å². The lowest BCUT2D eigenvalue weighted by molar-refractivity contribution is 0.342. The lowest BCUT2D eigenvalue weighted by Crippen LogP contribution is -2.11. The van der Waals surface area contributed by atoms with Crippen molar-refractivity contribution in [3.8, 4) is 5.75 Å². The maximum atomic E-state index is 5.62. The van der Waals surface area contributed by atoms with Crippen LogP contribution in [0.3, 0.4) is 0 Å². The van der Waals surface area contributed by atoms with Crippen molar-refractivity contribution in [1.29, 1.82) is 0 Å². The third kappa shape index (κ3) is 4.44. The molecule has 0 radical (unpaired) electrons. The minimum absolute atomic E-state index is 0.0777. The van der Waals surface area contributed by atoms with Gasteiger partial charge in [-0.05, 0) is 31.5 Å². The molecule has 0 fully saturated rings. The van der Waals surface area contributed by atoms with E-state index in [9.17, 15) is 0 Å². The van der Waals surface area contributed by atoms with Crippen LogP contribution in [0, 0.1) is 0 Å². The Kier molecular flexibility index (Phi) is 5.41. The molecule has 0 bridgehead atoms. The predicted octanol–water partition coefficient (Wildman–Crippen LogP) is 4.19. The summed E-state index contributed by atoms with van der Waals surface area (Å²) in [6.07, 6.45) is 1.58. The number of anilines is 3. The Morgan fingerprint density at radius 2 is 1.80 bits per heavy atom. The van der Waals surface area contributed by atoms with Crippen LogP contribution in [0.5, 0.6) is 5.75 Å². The van der Waals surface area contributed by atoms with E-state index in [1.165, 1.54) is 0 Å². The van der Waals surface area contributed by atoms with E-state index >= 15 is 0 Å². The summed E-state index contributed by atoms with van der Waals surface area (Å²) in [6.45, 7) is 4.61.